The Morgan fingerprint density at radius 3 is 2.32 bits per heavy atom. The first-order valence-electron chi connectivity index (χ1n) is 10.8. The SMILES string of the molecule is COC(=O)c1c(C)c(C(=O)CN(CCc2ccccn2)S(=O)(=O)c2ccc(C)cc2)c(C)n1C. The Balaban J connectivity index is 1.98. The van der Waals surface area contributed by atoms with Gasteiger partial charge in [0.05, 0.1) is 18.6 Å². The number of carbonyl (C=O) groups is 2. The van der Waals surface area contributed by atoms with E-state index in [1.165, 1.54) is 23.5 Å². The van der Waals surface area contributed by atoms with Crippen molar-refractivity contribution in [2.24, 2.45) is 7.05 Å². The number of hydrogen-bond donors (Lipinski definition) is 0. The van der Waals surface area contributed by atoms with Gasteiger partial charge in [-0.25, -0.2) is 13.2 Å². The highest BCUT2D eigenvalue weighted by atomic mass is 32.2. The van der Waals surface area contributed by atoms with Gasteiger partial charge in [0.25, 0.3) is 0 Å². The van der Waals surface area contributed by atoms with Gasteiger partial charge in [-0.05, 0) is 50.6 Å². The van der Waals surface area contributed by atoms with Crippen LogP contribution in [0.25, 0.3) is 0 Å². The van der Waals surface area contributed by atoms with E-state index in [1.54, 1.807) is 49.9 Å². The van der Waals surface area contributed by atoms with Crippen molar-refractivity contribution >= 4 is 21.8 Å². The number of rotatable bonds is 9. The van der Waals surface area contributed by atoms with Crippen LogP contribution in [0, 0.1) is 20.8 Å². The van der Waals surface area contributed by atoms with Crippen molar-refractivity contribution in [1.29, 1.82) is 0 Å². The molecule has 3 rings (SSSR count). The van der Waals surface area contributed by atoms with Gasteiger partial charge in [0, 0.05) is 43.2 Å². The molecule has 0 aliphatic carbocycles. The minimum absolute atomic E-state index is 0.0771. The maximum absolute atomic E-state index is 13.5. The summed E-state index contributed by atoms with van der Waals surface area (Å²) in [6.07, 6.45) is 1.99. The number of benzene rings is 1. The summed E-state index contributed by atoms with van der Waals surface area (Å²) in [6, 6.07) is 12.0. The van der Waals surface area contributed by atoms with Gasteiger partial charge >= 0.3 is 5.97 Å². The third kappa shape index (κ3) is 5.10. The molecule has 2 aromatic heterocycles. The largest absolute Gasteiger partial charge is 0.464 e. The Morgan fingerprint density at radius 2 is 1.74 bits per heavy atom. The molecule has 0 amide bonds. The fourth-order valence-corrected chi connectivity index (χ4v) is 5.34. The fourth-order valence-electron chi connectivity index (χ4n) is 3.94. The van der Waals surface area contributed by atoms with E-state index in [2.05, 4.69) is 4.98 Å². The van der Waals surface area contributed by atoms with Gasteiger partial charge in [0.15, 0.2) is 5.78 Å². The Labute approximate surface area is 200 Å². The molecule has 1 aromatic carbocycles. The summed E-state index contributed by atoms with van der Waals surface area (Å²) in [5.41, 5.74) is 3.28. The van der Waals surface area contributed by atoms with E-state index < -0.39 is 21.8 Å². The number of methoxy groups -OCH3 is 1. The van der Waals surface area contributed by atoms with Crippen LogP contribution < -0.4 is 0 Å². The summed E-state index contributed by atoms with van der Waals surface area (Å²) >= 11 is 0. The third-order valence-corrected chi connectivity index (χ3v) is 7.77. The lowest BCUT2D eigenvalue weighted by molar-refractivity contribution is 0.0588. The number of sulfonamides is 1. The molecule has 0 saturated heterocycles. The molecule has 0 saturated carbocycles. The predicted molar refractivity (Wildman–Crippen MR) is 128 cm³/mol. The minimum Gasteiger partial charge on any atom is -0.464 e. The van der Waals surface area contributed by atoms with E-state index in [0.717, 1.165) is 11.3 Å². The molecule has 0 aliphatic heterocycles. The van der Waals surface area contributed by atoms with E-state index in [-0.39, 0.29) is 23.7 Å². The first-order chi connectivity index (χ1) is 16.1. The second-order valence-corrected chi connectivity index (χ2v) is 10.1. The van der Waals surface area contributed by atoms with Gasteiger partial charge in [-0.2, -0.15) is 4.31 Å². The highest BCUT2D eigenvalue weighted by Gasteiger charge is 2.31. The van der Waals surface area contributed by atoms with E-state index >= 15 is 0 Å². The molecule has 2 heterocycles. The molecule has 9 heteroatoms. The number of pyridine rings is 1. The predicted octanol–water partition coefficient (Wildman–Crippen LogP) is 3.25. The summed E-state index contributed by atoms with van der Waals surface area (Å²) in [6.45, 7) is 4.97. The second kappa shape index (κ2) is 10.3. The smallest absolute Gasteiger partial charge is 0.354 e. The van der Waals surface area contributed by atoms with Crippen molar-refractivity contribution in [2.45, 2.75) is 32.1 Å². The molecular formula is C25H29N3O5S. The van der Waals surface area contributed by atoms with Crippen LogP contribution in [0.2, 0.25) is 0 Å². The number of ketones is 1. The van der Waals surface area contributed by atoms with Gasteiger partial charge in [0.2, 0.25) is 10.0 Å². The van der Waals surface area contributed by atoms with Crippen LogP contribution in [-0.2, 0) is 28.2 Å². The van der Waals surface area contributed by atoms with Gasteiger partial charge in [-0.1, -0.05) is 23.8 Å². The summed E-state index contributed by atoms with van der Waals surface area (Å²) in [5.74, 6) is -0.945. The molecule has 0 atom stereocenters. The molecule has 3 aromatic rings. The zero-order chi connectivity index (χ0) is 25.0. The van der Waals surface area contributed by atoms with Crippen LogP contribution in [-0.4, -0.2) is 54.2 Å². The Kier molecular flexibility index (Phi) is 7.68. The summed E-state index contributed by atoms with van der Waals surface area (Å²) in [4.78, 5) is 30.0. The molecule has 34 heavy (non-hydrogen) atoms. The number of carbonyl (C=O) groups excluding carboxylic acids is 2. The number of ether oxygens (including phenoxy) is 1. The summed E-state index contributed by atoms with van der Waals surface area (Å²) in [7, 11) is -1.00. The standard InChI is InChI=1S/C25H29N3O5S/c1-17-9-11-21(12-10-17)34(31,32)28(15-13-20-8-6-7-14-26-20)16-22(29)23-18(2)24(25(30)33-5)27(4)19(23)3/h6-12,14H,13,15-16H2,1-5H3. The van der Waals surface area contributed by atoms with Crippen molar-refractivity contribution in [1.82, 2.24) is 13.9 Å². The molecule has 0 N–H and O–H groups in total. The molecule has 0 spiro atoms. The minimum atomic E-state index is -3.95. The molecule has 0 aliphatic rings. The average Bonchev–Trinajstić information content (AvgIpc) is 3.04. The molecule has 8 nitrogen and oxygen atoms in total. The van der Waals surface area contributed by atoms with E-state index in [0.29, 0.717) is 23.2 Å². The second-order valence-electron chi connectivity index (χ2n) is 8.13. The van der Waals surface area contributed by atoms with Crippen molar-refractivity contribution in [2.75, 3.05) is 20.2 Å². The van der Waals surface area contributed by atoms with Gasteiger partial charge < -0.3 is 9.30 Å². The zero-order valence-electron chi connectivity index (χ0n) is 20.0. The number of nitrogens with zero attached hydrogens (tertiary/aromatic N) is 3. The quantitative estimate of drug-likeness (QED) is 0.342. The fraction of sp³-hybridized carbons (Fsp3) is 0.320. The number of esters is 1. The average molecular weight is 484 g/mol. The third-order valence-electron chi connectivity index (χ3n) is 5.91. The van der Waals surface area contributed by atoms with E-state index in [4.69, 9.17) is 4.74 Å². The molecule has 0 bridgehead atoms. The van der Waals surface area contributed by atoms with Gasteiger partial charge in [-0.15, -0.1) is 0 Å². The first-order valence-corrected chi connectivity index (χ1v) is 12.3. The van der Waals surface area contributed by atoms with Crippen molar-refractivity contribution in [3.8, 4) is 0 Å². The van der Waals surface area contributed by atoms with Gasteiger partial charge in [0.1, 0.15) is 5.69 Å². The maximum atomic E-state index is 13.5. The van der Waals surface area contributed by atoms with Crippen LogP contribution in [0.3, 0.4) is 0 Å². The van der Waals surface area contributed by atoms with Crippen LogP contribution in [0.1, 0.15) is 43.4 Å². The number of Topliss-reactive ketones (excluding diaryl/α,β-unsaturated/α-hetero) is 1. The lowest BCUT2D eigenvalue weighted by Crippen LogP contribution is -2.37. The molecule has 180 valence electrons. The number of aryl methyl sites for hydroxylation is 1. The monoisotopic (exact) mass is 483 g/mol. The maximum Gasteiger partial charge on any atom is 0.354 e. The highest BCUT2D eigenvalue weighted by Crippen LogP contribution is 2.24. The summed E-state index contributed by atoms with van der Waals surface area (Å²) < 4.78 is 34.6. The molecule has 0 unspecified atom stereocenters. The first kappa shape index (κ1) is 25.3. The van der Waals surface area contributed by atoms with E-state index in [9.17, 15) is 18.0 Å². The molecular weight excluding hydrogens is 454 g/mol. The molecule has 0 fully saturated rings. The summed E-state index contributed by atoms with van der Waals surface area (Å²) in [5, 5.41) is 0. The van der Waals surface area contributed by atoms with Crippen molar-refractivity contribution in [3.05, 3.63) is 82.4 Å². The van der Waals surface area contributed by atoms with Crippen molar-refractivity contribution in [3.63, 3.8) is 0 Å². The Bertz CT molecular complexity index is 1300. The van der Waals surface area contributed by atoms with E-state index in [1.807, 2.05) is 19.1 Å². The van der Waals surface area contributed by atoms with Crippen LogP contribution in [0.4, 0.5) is 0 Å². The highest BCUT2D eigenvalue weighted by molar-refractivity contribution is 7.89. The lowest BCUT2D eigenvalue weighted by atomic mass is 10.1. The van der Waals surface area contributed by atoms with Crippen LogP contribution >= 0.6 is 0 Å². The van der Waals surface area contributed by atoms with Crippen LogP contribution in [0.5, 0.6) is 0 Å². The number of aromatic nitrogens is 2. The topological polar surface area (TPSA) is 98.6 Å². The normalized spacial score (nSPS) is 11.6. The number of hydrogen-bond acceptors (Lipinski definition) is 6. The zero-order valence-corrected chi connectivity index (χ0v) is 20.8. The van der Waals surface area contributed by atoms with Gasteiger partial charge in [-0.3, -0.25) is 9.78 Å². The Hall–Kier alpha value is -3.30. The lowest BCUT2D eigenvalue weighted by Gasteiger charge is -2.22. The van der Waals surface area contributed by atoms with Crippen molar-refractivity contribution < 1.29 is 22.7 Å². The Morgan fingerprint density at radius 1 is 1.06 bits per heavy atom. The molecule has 0 radical (unpaired) electrons. The van der Waals surface area contributed by atoms with Crippen LogP contribution in [0.15, 0.2) is 53.6 Å².